The maximum absolute atomic E-state index is 13.1. The standard InChI is InChI=1S/C10H15F5OS/c1-2-8(16)17-6-4-10(14,15)9(13)7(12)3-5-11/h7,9H,2-6H2,1H3. The average Bonchev–Trinajstić information content (AvgIpc) is 2.27. The van der Waals surface area contributed by atoms with Crippen molar-refractivity contribution in [1.82, 2.24) is 0 Å². The molecule has 0 fully saturated rings. The third kappa shape index (κ3) is 6.24. The summed E-state index contributed by atoms with van der Waals surface area (Å²) in [6.07, 6.45) is -7.14. The third-order valence-corrected chi connectivity index (χ3v) is 3.11. The molecule has 0 saturated carbocycles. The van der Waals surface area contributed by atoms with Gasteiger partial charge in [-0.05, 0) is 0 Å². The van der Waals surface area contributed by atoms with Gasteiger partial charge < -0.3 is 0 Å². The van der Waals surface area contributed by atoms with Crippen molar-refractivity contribution in [3.63, 3.8) is 0 Å². The summed E-state index contributed by atoms with van der Waals surface area (Å²) in [6.45, 7) is 0.394. The first-order valence-electron chi connectivity index (χ1n) is 5.22. The minimum Gasteiger partial charge on any atom is -0.287 e. The summed E-state index contributed by atoms with van der Waals surface area (Å²) in [6, 6.07) is 0. The Morgan fingerprint density at radius 1 is 1.35 bits per heavy atom. The van der Waals surface area contributed by atoms with Crippen molar-refractivity contribution in [2.75, 3.05) is 12.4 Å². The number of hydrogen-bond donors (Lipinski definition) is 0. The molecule has 0 aliphatic carbocycles. The molecule has 0 aliphatic heterocycles. The highest BCUT2D eigenvalue weighted by molar-refractivity contribution is 8.13. The summed E-state index contributed by atoms with van der Waals surface area (Å²) in [5.41, 5.74) is 0. The summed E-state index contributed by atoms with van der Waals surface area (Å²) < 4.78 is 63.6. The van der Waals surface area contributed by atoms with Gasteiger partial charge in [-0.2, -0.15) is 0 Å². The average molecular weight is 278 g/mol. The maximum atomic E-state index is 13.1. The van der Waals surface area contributed by atoms with E-state index >= 15 is 0 Å². The predicted octanol–water partition coefficient (Wildman–Crippen LogP) is 3.72. The first-order chi connectivity index (χ1) is 7.85. The van der Waals surface area contributed by atoms with Gasteiger partial charge in [0.1, 0.15) is 6.17 Å². The van der Waals surface area contributed by atoms with Crippen LogP contribution in [0.15, 0.2) is 0 Å². The Labute approximate surface area is 101 Å². The van der Waals surface area contributed by atoms with Crippen molar-refractivity contribution < 1.29 is 26.7 Å². The first kappa shape index (κ1) is 16.7. The van der Waals surface area contributed by atoms with Crippen LogP contribution in [0.2, 0.25) is 0 Å². The molecule has 0 saturated heterocycles. The summed E-state index contributed by atoms with van der Waals surface area (Å²) in [5, 5.41) is -0.281. The second kappa shape index (κ2) is 7.89. The minimum absolute atomic E-state index is 0.197. The molecule has 1 nitrogen and oxygen atoms in total. The van der Waals surface area contributed by atoms with E-state index < -0.39 is 37.8 Å². The number of hydrogen-bond acceptors (Lipinski definition) is 2. The number of halogens is 5. The van der Waals surface area contributed by atoms with E-state index in [0.29, 0.717) is 11.8 Å². The molecular weight excluding hydrogens is 263 g/mol. The normalized spacial score (nSPS) is 15.6. The second-order valence-electron chi connectivity index (χ2n) is 3.48. The molecule has 0 amide bonds. The molecule has 0 rings (SSSR count). The van der Waals surface area contributed by atoms with E-state index in [1.54, 1.807) is 6.92 Å². The lowest BCUT2D eigenvalue weighted by Gasteiger charge is -2.22. The van der Waals surface area contributed by atoms with Gasteiger partial charge in [-0.25, -0.2) is 17.6 Å². The van der Waals surface area contributed by atoms with Crippen LogP contribution in [0.5, 0.6) is 0 Å². The zero-order valence-corrected chi connectivity index (χ0v) is 10.2. The topological polar surface area (TPSA) is 17.1 Å². The molecule has 0 aromatic carbocycles. The van der Waals surface area contributed by atoms with Crippen molar-refractivity contribution in [3.05, 3.63) is 0 Å². The van der Waals surface area contributed by atoms with Crippen molar-refractivity contribution in [1.29, 1.82) is 0 Å². The highest BCUT2D eigenvalue weighted by Crippen LogP contribution is 2.31. The van der Waals surface area contributed by atoms with Gasteiger partial charge >= 0.3 is 0 Å². The Bertz CT molecular complexity index is 237. The van der Waals surface area contributed by atoms with Crippen LogP contribution in [0.3, 0.4) is 0 Å². The third-order valence-electron chi connectivity index (χ3n) is 2.09. The molecule has 2 unspecified atom stereocenters. The number of alkyl halides is 5. The van der Waals surface area contributed by atoms with Gasteiger partial charge in [0, 0.05) is 25.0 Å². The van der Waals surface area contributed by atoms with Crippen LogP contribution >= 0.6 is 11.8 Å². The van der Waals surface area contributed by atoms with Gasteiger partial charge in [-0.1, -0.05) is 18.7 Å². The predicted molar refractivity (Wildman–Crippen MR) is 57.7 cm³/mol. The Morgan fingerprint density at radius 2 is 1.94 bits per heavy atom. The molecule has 0 N–H and O–H groups in total. The zero-order chi connectivity index (χ0) is 13.5. The fourth-order valence-electron chi connectivity index (χ4n) is 1.06. The lowest BCUT2D eigenvalue weighted by atomic mass is 10.1. The maximum Gasteiger partial charge on any atom is 0.282 e. The van der Waals surface area contributed by atoms with Gasteiger partial charge in [-0.15, -0.1) is 0 Å². The molecule has 0 aromatic rings. The summed E-state index contributed by atoms with van der Waals surface area (Å²) in [5.74, 6) is -4.14. The molecule has 0 spiro atoms. The van der Waals surface area contributed by atoms with Gasteiger partial charge in [-0.3, -0.25) is 9.18 Å². The lowest BCUT2D eigenvalue weighted by molar-refractivity contribution is -0.110. The number of carbonyl (C=O) groups is 1. The van der Waals surface area contributed by atoms with Crippen LogP contribution in [-0.2, 0) is 4.79 Å². The molecule has 0 aliphatic rings. The quantitative estimate of drug-likeness (QED) is 0.629. The zero-order valence-electron chi connectivity index (χ0n) is 9.40. The molecule has 2 atom stereocenters. The molecule has 0 bridgehead atoms. The number of rotatable bonds is 8. The van der Waals surface area contributed by atoms with Crippen LogP contribution in [-0.4, -0.2) is 35.8 Å². The van der Waals surface area contributed by atoms with Crippen molar-refractivity contribution >= 4 is 16.9 Å². The Kier molecular flexibility index (Phi) is 7.74. The lowest BCUT2D eigenvalue weighted by Crippen LogP contribution is -2.38. The van der Waals surface area contributed by atoms with E-state index in [4.69, 9.17) is 0 Å². The minimum atomic E-state index is -3.87. The van der Waals surface area contributed by atoms with E-state index in [1.165, 1.54) is 0 Å². The highest BCUT2D eigenvalue weighted by atomic mass is 32.2. The molecular formula is C10H15F5OS. The smallest absolute Gasteiger partial charge is 0.282 e. The molecule has 102 valence electrons. The van der Waals surface area contributed by atoms with E-state index in [2.05, 4.69) is 0 Å². The van der Waals surface area contributed by atoms with Crippen molar-refractivity contribution in [3.8, 4) is 0 Å². The summed E-state index contributed by atoms with van der Waals surface area (Å²) in [7, 11) is 0. The van der Waals surface area contributed by atoms with E-state index in [9.17, 15) is 26.7 Å². The van der Waals surface area contributed by atoms with Crippen molar-refractivity contribution in [2.45, 2.75) is 44.5 Å². The number of thioether (sulfide) groups is 1. The van der Waals surface area contributed by atoms with Gasteiger partial charge in [0.15, 0.2) is 11.3 Å². The van der Waals surface area contributed by atoms with E-state index in [0.717, 1.165) is 0 Å². The largest absolute Gasteiger partial charge is 0.287 e. The molecule has 0 heterocycles. The molecule has 17 heavy (non-hydrogen) atoms. The Hall–Kier alpha value is -0.330. The SMILES string of the molecule is CCC(=O)SCCC(F)(F)C(F)C(F)CCF. The molecule has 0 aromatic heterocycles. The fraction of sp³-hybridized carbons (Fsp3) is 0.900. The monoisotopic (exact) mass is 278 g/mol. The molecule has 0 radical (unpaired) electrons. The van der Waals surface area contributed by atoms with Crippen LogP contribution in [0.4, 0.5) is 22.0 Å². The highest BCUT2D eigenvalue weighted by Gasteiger charge is 2.44. The van der Waals surface area contributed by atoms with Crippen molar-refractivity contribution in [2.24, 2.45) is 0 Å². The summed E-state index contributed by atoms with van der Waals surface area (Å²) >= 11 is 0.664. The Balaban J connectivity index is 4.12. The van der Waals surface area contributed by atoms with Crippen LogP contribution in [0.25, 0.3) is 0 Å². The number of carbonyl (C=O) groups excluding carboxylic acids is 1. The summed E-state index contributed by atoms with van der Waals surface area (Å²) in [4.78, 5) is 10.8. The fourth-order valence-corrected chi connectivity index (χ4v) is 1.86. The van der Waals surface area contributed by atoms with E-state index in [1.807, 2.05) is 0 Å². The van der Waals surface area contributed by atoms with Crippen LogP contribution < -0.4 is 0 Å². The van der Waals surface area contributed by atoms with Gasteiger partial charge in [0.2, 0.25) is 0 Å². The van der Waals surface area contributed by atoms with Gasteiger partial charge in [0.05, 0.1) is 6.67 Å². The second-order valence-corrected chi connectivity index (χ2v) is 4.63. The van der Waals surface area contributed by atoms with Crippen LogP contribution in [0.1, 0.15) is 26.2 Å². The van der Waals surface area contributed by atoms with Gasteiger partial charge in [0.25, 0.3) is 5.92 Å². The first-order valence-corrected chi connectivity index (χ1v) is 6.21. The van der Waals surface area contributed by atoms with Crippen LogP contribution in [0, 0.1) is 0 Å². The van der Waals surface area contributed by atoms with E-state index in [-0.39, 0.29) is 17.3 Å². The Morgan fingerprint density at radius 3 is 2.41 bits per heavy atom. The molecule has 7 heteroatoms.